The molecule has 1 amide bonds. The van der Waals surface area contributed by atoms with Crippen molar-refractivity contribution in [1.29, 1.82) is 0 Å². The van der Waals surface area contributed by atoms with Crippen LogP contribution in [0.15, 0.2) is 42.5 Å². The second kappa shape index (κ2) is 9.50. The van der Waals surface area contributed by atoms with Crippen molar-refractivity contribution in [2.45, 2.75) is 39.3 Å². The first kappa shape index (κ1) is 23.0. The highest BCUT2D eigenvalue weighted by atomic mass is 35.5. The molecule has 8 heteroatoms. The van der Waals surface area contributed by atoms with Crippen LogP contribution in [0.1, 0.15) is 37.4 Å². The quantitative estimate of drug-likeness (QED) is 0.673. The molecule has 6 nitrogen and oxygen atoms in total. The Balaban J connectivity index is 2.36. The molecule has 0 aliphatic carbocycles. The van der Waals surface area contributed by atoms with E-state index in [1.807, 2.05) is 38.1 Å². The molecule has 0 aliphatic heterocycles. The summed E-state index contributed by atoms with van der Waals surface area (Å²) in [6.07, 6.45) is 1.38. The highest BCUT2D eigenvalue weighted by Gasteiger charge is 2.32. The van der Waals surface area contributed by atoms with E-state index in [0.717, 1.165) is 21.7 Å². The summed E-state index contributed by atoms with van der Waals surface area (Å²) in [5.41, 5.74) is 1.99. The zero-order valence-electron chi connectivity index (χ0n) is 17.3. The number of hydrogen-bond acceptors (Lipinski definition) is 4. The molecule has 29 heavy (non-hydrogen) atoms. The van der Waals surface area contributed by atoms with E-state index in [0.29, 0.717) is 22.9 Å². The highest BCUT2D eigenvalue weighted by Crippen LogP contribution is 2.29. The van der Waals surface area contributed by atoms with Crippen LogP contribution in [-0.4, -0.2) is 33.7 Å². The van der Waals surface area contributed by atoms with Crippen molar-refractivity contribution < 1.29 is 17.9 Å². The molecule has 0 saturated carbocycles. The van der Waals surface area contributed by atoms with Gasteiger partial charge in [0.1, 0.15) is 11.8 Å². The Labute approximate surface area is 177 Å². The van der Waals surface area contributed by atoms with Crippen molar-refractivity contribution in [3.8, 4) is 5.75 Å². The molecular weight excluding hydrogens is 412 g/mol. The third-order valence-electron chi connectivity index (χ3n) is 4.70. The highest BCUT2D eigenvalue weighted by molar-refractivity contribution is 7.92. The van der Waals surface area contributed by atoms with Crippen molar-refractivity contribution in [1.82, 2.24) is 5.32 Å². The molecule has 0 saturated heterocycles. The van der Waals surface area contributed by atoms with Gasteiger partial charge >= 0.3 is 0 Å². The van der Waals surface area contributed by atoms with Crippen molar-refractivity contribution in [3.05, 3.63) is 58.6 Å². The van der Waals surface area contributed by atoms with Gasteiger partial charge in [-0.1, -0.05) is 42.8 Å². The number of sulfonamides is 1. The predicted octanol–water partition coefficient (Wildman–Crippen LogP) is 4.08. The molecule has 2 aromatic carbocycles. The van der Waals surface area contributed by atoms with E-state index in [2.05, 4.69) is 5.32 Å². The number of carbonyl (C=O) groups excluding carboxylic acids is 1. The van der Waals surface area contributed by atoms with Crippen LogP contribution in [0.2, 0.25) is 5.02 Å². The number of para-hydroxylation sites is 1. The standard InChI is InChI=1S/C21H27ClN2O4S/c1-6-19(21(25)23-15(3)17-9-7-8-10-20(17)28-4)24(29(5,26)27)16-12-11-14(2)18(22)13-16/h7-13,15,19H,6H2,1-5H3,(H,23,25). The van der Waals surface area contributed by atoms with Crippen LogP contribution in [-0.2, 0) is 14.8 Å². The smallest absolute Gasteiger partial charge is 0.244 e. The van der Waals surface area contributed by atoms with E-state index in [4.69, 9.17) is 16.3 Å². The number of amides is 1. The summed E-state index contributed by atoms with van der Waals surface area (Å²) >= 11 is 6.20. The summed E-state index contributed by atoms with van der Waals surface area (Å²) < 4.78 is 31.6. The molecule has 0 bridgehead atoms. The zero-order chi connectivity index (χ0) is 21.8. The Bertz CT molecular complexity index is 978. The number of nitrogens with zero attached hydrogens (tertiary/aromatic N) is 1. The van der Waals surface area contributed by atoms with Crippen molar-refractivity contribution in [2.24, 2.45) is 0 Å². The molecule has 2 rings (SSSR count). The lowest BCUT2D eigenvalue weighted by Gasteiger charge is -2.31. The lowest BCUT2D eigenvalue weighted by molar-refractivity contribution is -0.122. The summed E-state index contributed by atoms with van der Waals surface area (Å²) in [6.45, 7) is 5.43. The fourth-order valence-corrected chi connectivity index (χ4v) is 4.57. The lowest BCUT2D eigenvalue weighted by Crippen LogP contribution is -2.49. The van der Waals surface area contributed by atoms with Crippen LogP contribution in [0.5, 0.6) is 5.75 Å². The molecule has 0 fully saturated rings. The summed E-state index contributed by atoms with van der Waals surface area (Å²) in [4.78, 5) is 13.1. The van der Waals surface area contributed by atoms with Crippen LogP contribution in [0.25, 0.3) is 0 Å². The maximum Gasteiger partial charge on any atom is 0.244 e. The maximum atomic E-state index is 13.1. The molecule has 0 aromatic heterocycles. The number of anilines is 1. The summed E-state index contributed by atoms with van der Waals surface area (Å²) in [6, 6.07) is 11.0. The van der Waals surface area contributed by atoms with Crippen LogP contribution in [0.3, 0.4) is 0 Å². The van der Waals surface area contributed by atoms with Gasteiger partial charge in [0.25, 0.3) is 0 Å². The number of benzene rings is 2. The van der Waals surface area contributed by atoms with E-state index < -0.39 is 22.0 Å². The summed E-state index contributed by atoms with van der Waals surface area (Å²) in [7, 11) is -2.16. The van der Waals surface area contributed by atoms with Crippen LogP contribution in [0, 0.1) is 6.92 Å². The topological polar surface area (TPSA) is 75.7 Å². The molecule has 0 spiro atoms. The summed E-state index contributed by atoms with van der Waals surface area (Å²) in [5.74, 6) is 0.256. The SMILES string of the molecule is CCC(C(=O)NC(C)c1ccccc1OC)N(c1ccc(C)c(Cl)c1)S(C)(=O)=O. The van der Waals surface area contributed by atoms with Gasteiger partial charge in [0.15, 0.2) is 0 Å². The second-order valence-corrected chi connectivity index (χ2v) is 9.16. The Hall–Kier alpha value is -2.25. The van der Waals surface area contributed by atoms with Crippen LogP contribution >= 0.6 is 11.6 Å². The minimum absolute atomic E-state index is 0.295. The number of halogens is 1. The molecule has 0 aliphatic rings. The van der Waals surface area contributed by atoms with Crippen LogP contribution < -0.4 is 14.4 Å². The second-order valence-electron chi connectivity index (χ2n) is 6.89. The van der Waals surface area contributed by atoms with Crippen molar-refractivity contribution in [3.63, 3.8) is 0 Å². The predicted molar refractivity (Wildman–Crippen MR) is 117 cm³/mol. The normalized spacial score (nSPS) is 13.4. The molecule has 0 heterocycles. The van der Waals surface area contributed by atoms with Crippen LogP contribution in [0.4, 0.5) is 5.69 Å². The van der Waals surface area contributed by atoms with Gasteiger partial charge in [0.05, 0.1) is 25.1 Å². The minimum Gasteiger partial charge on any atom is -0.496 e. The van der Waals surface area contributed by atoms with Gasteiger partial charge < -0.3 is 10.1 Å². The fraction of sp³-hybridized carbons (Fsp3) is 0.381. The van der Waals surface area contributed by atoms with Gasteiger partial charge in [-0.2, -0.15) is 0 Å². The van der Waals surface area contributed by atoms with E-state index >= 15 is 0 Å². The van der Waals surface area contributed by atoms with Gasteiger partial charge in [0.2, 0.25) is 15.9 Å². The van der Waals surface area contributed by atoms with Gasteiger partial charge in [-0.05, 0) is 44.0 Å². The molecule has 1 N–H and O–H groups in total. The van der Waals surface area contributed by atoms with Gasteiger partial charge in [-0.25, -0.2) is 8.42 Å². The van der Waals surface area contributed by atoms with E-state index in [1.54, 1.807) is 32.2 Å². The van der Waals surface area contributed by atoms with Gasteiger partial charge in [-0.3, -0.25) is 9.10 Å². The molecule has 2 aromatic rings. The minimum atomic E-state index is -3.73. The first-order valence-corrected chi connectivity index (χ1v) is 11.5. The molecular formula is C21H27ClN2O4S. The van der Waals surface area contributed by atoms with E-state index in [9.17, 15) is 13.2 Å². The molecule has 0 radical (unpaired) electrons. The lowest BCUT2D eigenvalue weighted by atomic mass is 10.1. The fourth-order valence-electron chi connectivity index (χ4n) is 3.19. The number of hydrogen-bond donors (Lipinski definition) is 1. The molecule has 2 atom stereocenters. The third-order valence-corrected chi connectivity index (χ3v) is 6.29. The van der Waals surface area contributed by atoms with Crippen molar-refractivity contribution in [2.75, 3.05) is 17.7 Å². The number of methoxy groups -OCH3 is 1. The number of ether oxygens (including phenoxy) is 1. The first-order valence-electron chi connectivity index (χ1n) is 9.29. The Kier molecular flexibility index (Phi) is 7.54. The van der Waals surface area contributed by atoms with E-state index in [-0.39, 0.29) is 6.04 Å². The largest absolute Gasteiger partial charge is 0.496 e. The Morgan fingerprint density at radius 1 is 1.24 bits per heavy atom. The van der Waals surface area contributed by atoms with Crippen molar-refractivity contribution >= 4 is 33.2 Å². The zero-order valence-corrected chi connectivity index (χ0v) is 18.8. The van der Waals surface area contributed by atoms with Gasteiger partial charge in [-0.15, -0.1) is 0 Å². The summed E-state index contributed by atoms with van der Waals surface area (Å²) in [5, 5.41) is 3.35. The Morgan fingerprint density at radius 3 is 2.45 bits per heavy atom. The molecule has 2 unspecified atom stereocenters. The van der Waals surface area contributed by atoms with Gasteiger partial charge in [0, 0.05) is 10.6 Å². The third kappa shape index (κ3) is 5.42. The average molecular weight is 439 g/mol. The number of aryl methyl sites for hydroxylation is 1. The number of nitrogens with one attached hydrogen (secondary N) is 1. The number of carbonyl (C=O) groups is 1. The maximum absolute atomic E-state index is 13.1. The number of rotatable bonds is 8. The van der Waals surface area contributed by atoms with E-state index in [1.165, 1.54) is 0 Å². The average Bonchev–Trinajstić information content (AvgIpc) is 2.67. The monoisotopic (exact) mass is 438 g/mol. The Morgan fingerprint density at radius 2 is 1.90 bits per heavy atom. The first-order chi connectivity index (χ1) is 13.6. The molecule has 158 valence electrons.